The molecular weight excluding hydrogens is 263 g/mol. The van der Waals surface area contributed by atoms with Gasteiger partial charge in [-0.1, -0.05) is 66.7 Å². The number of halogens is 1. The van der Waals surface area contributed by atoms with Crippen LogP contribution in [0.15, 0.2) is 72.8 Å². The number of benzene rings is 3. The van der Waals surface area contributed by atoms with E-state index in [0.29, 0.717) is 17.4 Å². The predicted octanol–water partition coefficient (Wildman–Crippen LogP) is 4.97. The molecule has 21 heavy (non-hydrogen) atoms. The van der Waals surface area contributed by atoms with Crippen molar-refractivity contribution >= 4 is 6.29 Å². The van der Waals surface area contributed by atoms with Gasteiger partial charge in [-0.3, -0.25) is 4.79 Å². The van der Waals surface area contributed by atoms with Crippen LogP contribution in [0.2, 0.25) is 0 Å². The molecule has 0 fully saturated rings. The van der Waals surface area contributed by atoms with Gasteiger partial charge in [-0.05, 0) is 22.8 Å². The maximum Gasteiger partial charge on any atom is 0.150 e. The monoisotopic (exact) mass is 276 g/mol. The summed E-state index contributed by atoms with van der Waals surface area (Å²) in [6, 6.07) is 22.3. The Hall–Kier alpha value is -2.74. The molecule has 3 rings (SSSR count). The Labute approximate surface area is 122 Å². The van der Waals surface area contributed by atoms with Gasteiger partial charge in [0.05, 0.1) is 0 Å². The van der Waals surface area contributed by atoms with Gasteiger partial charge in [0, 0.05) is 11.1 Å². The maximum absolute atomic E-state index is 14.0. The molecule has 2 heteroatoms. The predicted molar refractivity (Wildman–Crippen MR) is 82.7 cm³/mol. The van der Waals surface area contributed by atoms with E-state index < -0.39 is 0 Å². The van der Waals surface area contributed by atoms with E-state index in [0.717, 1.165) is 16.7 Å². The highest BCUT2D eigenvalue weighted by molar-refractivity contribution is 5.77. The van der Waals surface area contributed by atoms with Crippen LogP contribution in [0.1, 0.15) is 10.4 Å². The van der Waals surface area contributed by atoms with Gasteiger partial charge in [-0.2, -0.15) is 0 Å². The molecule has 0 aliphatic rings. The SMILES string of the molecule is O=Cc1ccc(-c2ccc(-c3ccccc3)cc2)c(F)c1. The summed E-state index contributed by atoms with van der Waals surface area (Å²) in [4.78, 5) is 10.6. The molecule has 102 valence electrons. The highest BCUT2D eigenvalue weighted by atomic mass is 19.1. The van der Waals surface area contributed by atoms with Gasteiger partial charge >= 0.3 is 0 Å². The number of carbonyl (C=O) groups is 1. The first-order valence-electron chi connectivity index (χ1n) is 6.68. The first kappa shape index (κ1) is 13.3. The molecule has 0 heterocycles. The molecular formula is C19H13FO. The zero-order valence-electron chi connectivity index (χ0n) is 11.3. The van der Waals surface area contributed by atoms with Crippen molar-refractivity contribution in [3.8, 4) is 22.3 Å². The molecule has 0 saturated heterocycles. The van der Waals surface area contributed by atoms with Crippen molar-refractivity contribution in [3.63, 3.8) is 0 Å². The lowest BCUT2D eigenvalue weighted by Gasteiger charge is -2.06. The summed E-state index contributed by atoms with van der Waals surface area (Å²) in [5, 5.41) is 0. The minimum atomic E-state index is -0.382. The van der Waals surface area contributed by atoms with Crippen LogP contribution in [0.5, 0.6) is 0 Å². The molecule has 3 aromatic carbocycles. The van der Waals surface area contributed by atoms with E-state index in [1.807, 2.05) is 54.6 Å². The van der Waals surface area contributed by atoms with Crippen molar-refractivity contribution in [3.05, 3.63) is 84.2 Å². The number of aldehydes is 1. The van der Waals surface area contributed by atoms with Crippen molar-refractivity contribution in [2.24, 2.45) is 0 Å². The van der Waals surface area contributed by atoms with Crippen LogP contribution in [-0.4, -0.2) is 6.29 Å². The van der Waals surface area contributed by atoms with E-state index in [1.165, 1.54) is 6.07 Å². The van der Waals surface area contributed by atoms with Crippen LogP contribution in [0.4, 0.5) is 4.39 Å². The fraction of sp³-hybridized carbons (Fsp3) is 0. The second-order valence-corrected chi connectivity index (χ2v) is 4.80. The van der Waals surface area contributed by atoms with E-state index in [1.54, 1.807) is 12.1 Å². The lowest BCUT2D eigenvalue weighted by atomic mass is 9.99. The molecule has 0 amide bonds. The number of hydrogen-bond donors (Lipinski definition) is 0. The Morgan fingerprint density at radius 3 is 1.95 bits per heavy atom. The van der Waals surface area contributed by atoms with Crippen LogP contribution in [-0.2, 0) is 0 Å². The highest BCUT2D eigenvalue weighted by Gasteiger charge is 2.06. The zero-order valence-corrected chi connectivity index (χ0v) is 11.3. The summed E-state index contributed by atoms with van der Waals surface area (Å²) in [5.74, 6) is -0.382. The molecule has 0 aliphatic carbocycles. The highest BCUT2D eigenvalue weighted by Crippen LogP contribution is 2.26. The maximum atomic E-state index is 14.0. The summed E-state index contributed by atoms with van der Waals surface area (Å²) >= 11 is 0. The van der Waals surface area contributed by atoms with Crippen LogP contribution in [0.3, 0.4) is 0 Å². The van der Waals surface area contributed by atoms with Crippen LogP contribution >= 0.6 is 0 Å². The van der Waals surface area contributed by atoms with Crippen molar-refractivity contribution < 1.29 is 9.18 Å². The standard InChI is InChI=1S/C19H13FO/c20-19-12-14(13-21)6-11-18(19)17-9-7-16(8-10-17)15-4-2-1-3-5-15/h1-13H. The summed E-state index contributed by atoms with van der Waals surface area (Å²) in [5.41, 5.74) is 3.85. The average Bonchev–Trinajstić information content (AvgIpc) is 2.56. The normalized spacial score (nSPS) is 10.3. The summed E-state index contributed by atoms with van der Waals surface area (Å²) < 4.78 is 14.0. The van der Waals surface area contributed by atoms with Gasteiger partial charge in [0.15, 0.2) is 0 Å². The minimum absolute atomic E-state index is 0.345. The first-order chi connectivity index (χ1) is 10.3. The van der Waals surface area contributed by atoms with Gasteiger partial charge in [-0.25, -0.2) is 4.39 Å². The van der Waals surface area contributed by atoms with Gasteiger partial charge in [-0.15, -0.1) is 0 Å². The van der Waals surface area contributed by atoms with Crippen molar-refractivity contribution in [2.45, 2.75) is 0 Å². The molecule has 1 nitrogen and oxygen atoms in total. The van der Waals surface area contributed by atoms with Crippen molar-refractivity contribution in [1.29, 1.82) is 0 Å². The molecule has 0 aliphatic heterocycles. The summed E-state index contributed by atoms with van der Waals surface area (Å²) in [7, 11) is 0. The van der Waals surface area contributed by atoms with Crippen LogP contribution < -0.4 is 0 Å². The lowest BCUT2D eigenvalue weighted by molar-refractivity contribution is 0.112. The largest absolute Gasteiger partial charge is 0.298 e. The Bertz CT molecular complexity index is 761. The van der Waals surface area contributed by atoms with Crippen LogP contribution in [0, 0.1) is 5.82 Å². The van der Waals surface area contributed by atoms with Crippen molar-refractivity contribution in [2.75, 3.05) is 0 Å². The van der Waals surface area contributed by atoms with E-state index in [2.05, 4.69) is 0 Å². The van der Waals surface area contributed by atoms with Gasteiger partial charge < -0.3 is 0 Å². The van der Waals surface area contributed by atoms with E-state index >= 15 is 0 Å². The molecule has 0 bridgehead atoms. The quantitative estimate of drug-likeness (QED) is 0.617. The second-order valence-electron chi connectivity index (χ2n) is 4.80. The zero-order chi connectivity index (χ0) is 14.7. The number of hydrogen-bond acceptors (Lipinski definition) is 1. The molecule has 0 aromatic heterocycles. The molecule has 0 atom stereocenters. The van der Waals surface area contributed by atoms with E-state index in [4.69, 9.17) is 0 Å². The average molecular weight is 276 g/mol. The molecule has 0 saturated carbocycles. The van der Waals surface area contributed by atoms with Crippen LogP contribution in [0.25, 0.3) is 22.3 Å². The minimum Gasteiger partial charge on any atom is -0.298 e. The molecule has 0 spiro atoms. The summed E-state index contributed by atoms with van der Waals surface area (Å²) in [6.07, 6.45) is 0.644. The molecule has 0 radical (unpaired) electrons. The van der Waals surface area contributed by atoms with Gasteiger partial charge in [0.25, 0.3) is 0 Å². The fourth-order valence-corrected chi connectivity index (χ4v) is 2.31. The Kier molecular flexibility index (Phi) is 3.61. The smallest absolute Gasteiger partial charge is 0.150 e. The molecule has 0 N–H and O–H groups in total. The topological polar surface area (TPSA) is 17.1 Å². The fourth-order valence-electron chi connectivity index (χ4n) is 2.31. The second kappa shape index (κ2) is 5.71. The Morgan fingerprint density at radius 1 is 0.714 bits per heavy atom. The molecule has 0 unspecified atom stereocenters. The first-order valence-corrected chi connectivity index (χ1v) is 6.68. The Morgan fingerprint density at radius 2 is 1.33 bits per heavy atom. The van der Waals surface area contributed by atoms with Gasteiger partial charge in [0.1, 0.15) is 12.1 Å². The number of rotatable bonds is 3. The van der Waals surface area contributed by atoms with E-state index in [9.17, 15) is 9.18 Å². The van der Waals surface area contributed by atoms with Gasteiger partial charge in [0.2, 0.25) is 0 Å². The van der Waals surface area contributed by atoms with Crippen molar-refractivity contribution in [1.82, 2.24) is 0 Å². The Balaban J connectivity index is 1.96. The summed E-state index contributed by atoms with van der Waals surface area (Å²) in [6.45, 7) is 0. The third-order valence-electron chi connectivity index (χ3n) is 3.43. The number of carbonyl (C=O) groups excluding carboxylic acids is 1. The van der Waals surface area contributed by atoms with E-state index in [-0.39, 0.29) is 5.82 Å². The third-order valence-corrected chi connectivity index (χ3v) is 3.43. The molecule has 3 aromatic rings. The lowest BCUT2D eigenvalue weighted by Crippen LogP contribution is -1.88. The third kappa shape index (κ3) is 2.75.